The minimum Gasteiger partial charge on any atom is -0.374 e. The Morgan fingerprint density at radius 1 is 1.40 bits per heavy atom. The minimum absolute atomic E-state index is 0. The van der Waals surface area contributed by atoms with Gasteiger partial charge >= 0.3 is 0 Å². The lowest BCUT2D eigenvalue weighted by Gasteiger charge is -2.30. The van der Waals surface area contributed by atoms with Crippen LogP contribution in [0, 0.1) is 0 Å². The van der Waals surface area contributed by atoms with Gasteiger partial charge in [-0.05, 0) is 31.9 Å². The van der Waals surface area contributed by atoms with Crippen LogP contribution in [0.1, 0.15) is 12.8 Å². The number of hydrogen-bond acceptors (Lipinski definition) is 4. The molecule has 1 rings (SSSR count). The topological polar surface area (TPSA) is 48.9 Å². The Kier molecular flexibility index (Phi) is 13.1. The van der Waals surface area contributed by atoms with Gasteiger partial charge in [-0.2, -0.15) is 11.8 Å². The molecule has 1 heterocycles. The molecule has 0 aliphatic carbocycles. The lowest BCUT2D eigenvalue weighted by Crippen LogP contribution is -2.48. The number of guanidine groups is 1. The summed E-state index contributed by atoms with van der Waals surface area (Å²) in [6.45, 7) is 4.63. The number of unbranched alkanes of at least 4 members (excludes halogenated alkanes) is 1. The molecule has 1 atom stereocenters. The molecule has 0 aromatic heterocycles. The molecule has 0 radical (unpaired) electrons. The summed E-state index contributed by atoms with van der Waals surface area (Å²) in [6.07, 6.45) is 4.84. The van der Waals surface area contributed by atoms with Crippen LogP contribution in [0.15, 0.2) is 4.99 Å². The Bertz CT molecular complexity index is 269. The van der Waals surface area contributed by atoms with Gasteiger partial charge in [0.1, 0.15) is 0 Å². The van der Waals surface area contributed by atoms with Crippen LogP contribution < -0.4 is 10.6 Å². The Hall–Kier alpha value is 0.270. The fraction of sp³-hybridized carbons (Fsp3) is 0.923. The number of likely N-dealkylation sites (N-methyl/N-ethyl adjacent to an activating group) is 1. The van der Waals surface area contributed by atoms with Crippen molar-refractivity contribution in [3.8, 4) is 0 Å². The van der Waals surface area contributed by atoms with E-state index in [1.54, 1.807) is 0 Å². The molecule has 1 aliphatic rings. The number of morpholine rings is 1. The van der Waals surface area contributed by atoms with E-state index in [0.717, 1.165) is 38.7 Å². The third-order valence-corrected chi connectivity index (χ3v) is 3.83. The van der Waals surface area contributed by atoms with Gasteiger partial charge in [0.15, 0.2) is 5.96 Å². The molecule has 0 amide bonds. The van der Waals surface area contributed by atoms with Crippen LogP contribution in [0.4, 0.5) is 0 Å². The quantitative estimate of drug-likeness (QED) is 0.283. The second-order valence-electron chi connectivity index (χ2n) is 4.83. The Morgan fingerprint density at radius 3 is 2.85 bits per heavy atom. The van der Waals surface area contributed by atoms with E-state index in [-0.39, 0.29) is 30.1 Å². The Balaban J connectivity index is 0.00000361. The van der Waals surface area contributed by atoms with Crippen molar-refractivity contribution in [2.75, 3.05) is 58.9 Å². The standard InChI is InChI=1S/C13H28N4OS.HI/c1-14-13(15-6-4-5-9-19-3)16-10-12-11-17(2)7-8-18-12;/h12H,4-11H2,1-3H3,(H2,14,15,16);1H. The first-order valence-corrected chi connectivity index (χ1v) is 8.39. The van der Waals surface area contributed by atoms with Crippen molar-refractivity contribution in [2.45, 2.75) is 18.9 Å². The van der Waals surface area contributed by atoms with Crippen molar-refractivity contribution in [3.05, 3.63) is 0 Å². The second kappa shape index (κ2) is 13.0. The van der Waals surface area contributed by atoms with Crippen LogP contribution in [0.3, 0.4) is 0 Å². The van der Waals surface area contributed by atoms with Gasteiger partial charge in [-0.3, -0.25) is 4.99 Å². The highest BCUT2D eigenvalue weighted by atomic mass is 127. The lowest BCUT2D eigenvalue weighted by atomic mass is 10.3. The van der Waals surface area contributed by atoms with Crippen LogP contribution in [0.2, 0.25) is 0 Å². The molecule has 1 unspecified atom stereocenters. The van der Waals surface area contributed by atoms with Crippen molar-refractivity contribution in [1.29, 1.82) is 0 Å². The zero-order valence-corrected chi connectivity index (χ0v) is 16.0. The average Bonchev–Trinajstić information content (AvgIpc) is 2.42. The molecule has 1 fully saturated rings. The molecule has 120 valence electrons. The van der Waals surface area contributed by atoms with Gasteiger partial charge < -0.3 is 20.3 Å². The summed E-state index contributed by atoms with van der Waals surface area (Å²) in [5.41, 5.74) is 0. The van der Waals surface area contributed by atoms with Crippen molar-refractivity contribution in [1.82, 2.24) is 15.5 Å². The predicted octanol–water partition coefficient (Wildman–Crippen LogP) is 1.24. The first kappa shape index (κ1) is 20.3. The summed E-state index contributed by atoms with van der Waals surface area (Å²) in [4.78, 5) is 6.53. The smallest absolute Gasteiger partial charge is 0.191 e. The van der Waals surface area contributed by atoms with Gasteiger partial charge in [0.25, 0.3) is 0 Å². The number of hydrogen-bond donors (Lipinski definition) is 2. The van der Waals surface area contributed by atoms with E-state index >= 15 is 0 Å². The van der Waals surface area contributed by atoms with Crippen molar-refractivity contribution in [3.63, 3.8) is 0 Å². The summed E-state index contributed by atoms with van der Waals surface area (Å²) in [7, 11) is 3.94. The zero-order valence-electron chi connectivity index (χ0n) is 12.9. The average molecular weight is 416 g/mol. The number of ether oxygens (including phenoxy) is 1. The van der Waals surface area contributed by atoms with E-state index in [1.807, 2.05) is 18.8 Å². The van der Waals surface area contributed by atoms with Gasteiger partial charge in [-0.25, -0.2) is 0 Å². The molecule has 1 saturated heterocycles. The van der Waals surface area contributed by atoms with E-state index in [2.05, 4.69) is 33.8 Å². The summed E-state index contributed by atoms with van der Waals surface area (Å²) >= 11 is 1.90. The molecular formula is C13H29IN4OS. The maximum atomic E-state index is 5.71. The first-order valence-electron chi connectivity index (χ1n) is 7.00. The highest BCUT2D eigenvalue weighted by Gasteiger charge is 2.17. The third-order valence-electron chi connectivity index (χ3n) is 3.13. The maximum Gasteiger partial charge on any atom is 0.191 e. The number of nitrogens with one attached hydrogen (secondary N) is 2. The fourth-order valence-electron chi connectivity index (χ4n) is 2.00. The van der Waals surface area contributed by atoms with E-state index in [9.17, 15) is 0 Å². The number of thioether (sulfide) groups is 1. The number of rotatable bonds is 7. The van der Waals surface area contributed by atoms with Gasteiger partial charge in [0.2, 0.25) is 0 Å². The molecule has 0 aromatic rings. The summed E-state index contributed by atoms with van der Waals surface area (Å²) < 4.78 is 5.71. The van der Waals surface area contributed by atoms with E-state index < -0.39 is 0 Å². The van der Waals surface area contributed by atoms with Crippen LogP contribution in [-0.4, -0.2) is 75.9 Å². The zero-order chi connectivity index (χ0) is 13.9. The molecule has 20 heavy (non-hydrogen) atoms. The van der Waals surface area contributed by atoms with Gasteiger partial charge in [-0.1, -0.05) is 0 Å². The molecular weight excluding hydrogens is 387 g/mol. The van der Waals surface area contributed by atoms with E-state index in [1.165, 1.54) is 18.6 Å². The van der Waals surface area contributed by atoms with Crippen LogP contribution in [-0.2, 0) is 4.74 Å². The van der Waals surface area contributed by atoms with Crippen LogP contribution >= 0.6 is 35.7 Å². The van der Waals surface area contributed by atoms with Crippen molar-refractivity contribution >= 4 is 41.7 Å². The molecule has 0 saturated carbocycles. The van der Waals surface area contributed by atoms with Crippen LogP contribution in [0.5, 0.6) is 0 Å². The molecule has 7 heteroatoms. The molecule has 5 nitrogen and oxygen atoms in total. The lowest BCUT2D eigenvalue weighted by molar-refractivity contribution is -0.0161. The highest BCUT2D eigenvalue weighted by Crippen LogP contribution is 2.01. The molecule has 0 spiro atoms. The third kappa shape index (κ3) is 9.25. The highest BCUT2D eigenvalue weighted by molar-refractivity contribution is 14.0. The van der Waals surface area contributed by atoms with Crippen molar-refractivity contribution < 1.29 is 4.74 Å². The second-order valence-corrected chi connectivity index (χ2v) is 5.82. The molecule has 0 bridgehead atoms. The Labute approximate surface area is 144 Å². The van der Waals surface area contributed by atoms with Gasteiger partial charge in [0.05, 0.1) is 12.7 Å². The number of aliphatic imine (C=N–C) groups is 1. The van der Waals surface area contributed by atoms with Crippen LogP contribution in [0.25, 0.3) is 0 Å². The SMILES string of the molecule is CN=C(NCCCCSC)NCC1CN(C)CCO1.I. The number of nitrogens with zero attached hydrogens (tertiary/aromatic N) is 2. The first-order chi connectivity index (χ1) is 9.26. The Morgan fingerprint density at radius 2 is 2.20 bits per heavy atom. The van der Waals surface area contributed by atoms with Gasteiger partial charge in [-0.15, -0.1) is 24.0 Å². The fourth-order valence-corrected chi connectivity index (χ4v) is 2.49. The summed E-state index contributed by atoms with van der Waals surface area (Å²) in [6, 6.07) is 0. The summed E-state index contributed by atoms with van der Waals surface area (Å²) in [5, 5.41) is 6.67. The predicted molar refractivity (Wildman–Crippen MR) is 99.6 cm³/mol. The van der Waals surface area contributed by atoms with E-state index in [0.29, 0.717) is 0 Å². The molecule has 0 aromatic carbocycles. The minimum atomic E-state index is 0. The summed E-state index contributed by atoms with van der Waals surface area (Å²) in [5.74, 6) is 2.11. The normalized spacial score (nSPS) is 20.4. The number of halogens is 1. The van der Waals surface area contributed by atoms with Gasteiger partial charge in [0, 0.05) is 33.2 Å². The van der Waals surface area contributed by atoms with Crippen molar-refractivity contribution in [2.24, 2.45) is 4.99 Å². The monoisotopic (exact) mass is 416 g/mol. The largest absolute Gasteiger partial charge is 0.374 e. The van der Waals surface area contributed by atoms with E-state index in [4.69, 9.17) is 4.74 Å². The maximum absolute atomic E-state index is 5.71. The molecule has 2 N–H and O–H groups in total. The molecule has 1 aliphatic heterocycles.